The lowest BCUT2D eigenvalue weighted by atomic mass is 10.0. The maximum Gasteiger partial charge on any atom is 0.128 e. The third kappa shape index (κ3) is 3.12. The van der Waals surface area contributed by atoms with E-state index in [4.69, 9.17) is 10.7 Å². The Hall–Kier alpha value is -1.94. The Labute approximate surface area is 132 Å². The summed E-state index contributed by atoms with van der Waals surface area (Å²) < 4.78 is 0. The van der Waals surface area contributed by atoms with E-state index in [1.807, 2.05) is 6.20 Å². The maximum absolute atomic E-state index is 6.03. The summed E-state index contributed by atoms with van der Waals surface area (Å²) in [5, 5.41) is 0. The first-order valence-electron chi connectivity index (χ1n) is 8.11. The van der Waals surface area contributed by atoms with Crippen molar-refractivity contribution < 1.29 is 0 Å². The van der Waals surface area contributed by atoms with E-state index in [1.54, 1.807) is 0 Å². The highest BCUT2D eigenvalue weighted by Crippen LogP contribution is 2.30. The average Bonchev–Trinajstić information content (AvgIpc) is 2.55. The Kier molecular flexibility index (Phi) is 4.39. The molecule has 2 heterocycles. The van der Waals surface area contributed by atoms with Crippen LogP contribution in [-0.4, -0.2) is 29.1 Å². The van der Waals surface area contributed by atoms with Crippen molar-refractivity contribution in [2.45, 2.75) is 39.2 Å². The van der Waals surface area contributed by atoms with Gasteiger partial charge in [-0.1, -0.05) is 30.7 Å². The predicted octanol–water partition coefficient (Wildman–Crippen LogP) is 2.94. The Balaban J connectivity index is 2.02. The van der Waals surface area contributed by atoms with Crippen molar-refractivity contribution in [3.63, 3.8) is 0 Å². The monoisotopic (exact) mass is 296 g/mol. The minimum Gasteiger partial charge on any atom is -0.368 e. The molecule has 3 rings (SSSR count). The molecule has 116 valence electrons. The number of hydrogen-bond acceptors (Lipinski definition) is 4. The second kappa shape index (κ2) is 6.44. The van der Waals surface area contributed by atoms with Crippen molar-refractivity contribution >= 4 is 5.69 Å². The van der Waals surface area contributed by atoms with Gasteiger partial charge in [-0.2, -0.15) is 0 Å². The SMILES string of the molecule is CCc1ncc(N2CCC(N)CC2)c(-c2cccc(C)c2)n1. The zero-order valence-corrected chi connectivity index (χ0v) is 13.4. The Morgan fingerprint density at radius 2 is 2.05 bits per heavy atom. The van der Waals surface area contributed by atoms with Crippen LogP contribution in [-0.2, 0) is 6.42 Å². The van der Waals surface area contributed by atoms with Gasteiger partial charge in [-0.3, -0.25) is 0 Å². The first-order valence-corrected chi connectivity index (χ1v) is 8.11. The van der Waals surface area contributed by atoms with Crippen LogP contribution in [0, 0.1) is 6.92 Å². The van der Waals surface area contributed by atoms with Gasteiger partial charge < -0.3 is 10.6 Å². The van der Waals surface area contributed by atoms with Crippen LogP contribution in [0.1, 0.15) is 31.2 Å². The molecule has 1 fully saturated rings. The second-order valence-electron chi connectivity index (χ2n) is 6.07. The molecule has 1 saturated heterocycles. The highest BCUT2D eigenvalue weighted by atomic mass is 15.2. The molecule has 0 unspecified atom stereocenters. The Morgan fingerprint density at radius 3 is 2.73 bits per heavy atom. The van der Waals surface area contributed by atoms with Gasteiger partial charge in [-0.25, -0.2) is 9.97 Å². The number of aromatic nitrogens is 2. The van der Waals surface area contributed by atoms with E-state index < -0.39 is 0 Å². The lowest BCUT2D eigenvalue weighted by Gasteiger charge is -2.32. The number of hydrogen-bond donors (Lipinski definition) is 1. The molecule has 0 aliphatic carbocycles. The summed E-state index contributed by atoms with van der Waals surface area (Å²) in [4.78, 5) is 11.7. The lowest BCUT2D eigenvalue weighted by Crippen LogP contribution is -2.40. The zero-order valence-electron chi connectivity index (χ0n) is 13.4. The molecule has 1 aliphatic rings. The van der Waals surface area contributed by atoms with Gasteiger partial charge in [0.25, 0.3) is 0 Å². The van der Waals surface area contributed by atoms with E-state index in [-0.39, 0.29) is 0 Å². The molecule has 1 aromatic heterocycles. The highest BCUT2D eigenvalue weighted by molar-refractivity contribution is 5.75. The minimum atomic E-state index is 0.328. The second-order valence-corrected chi connectivity index (χ2v) is 6.07. The molecule has 2 N–H and O–H groups in total. The van der Waals surface area contributed by atoms with Crippen LogP contribution < -0.4 is 10.6 Å². The summed E-state index contributed by atoms with van der Waals surface area (Å²) in [6.07, 6.45) is 4.90. The summed E-state index contributed by atoms with van der Waals surface area (Å²) in [6.45, 7) is 6.17. The summed E-state index contributed by atoms with van der Waals surface area (Å²) in [5.41, 5.74) is 10.6. The normalized spacial score (nSPS) is 16.0. The van der Waals surface area contributed by atoms with Gasteiger partial charge in [-0.15, -0.1) is 0 Å². The van der Waals surface area contributed by atoms with Gasteiger partial charge in [0.15, 0.2) is 0 Å². The van der Waals surface area contributed by atoms with Crippen molar-refractivity contribution in [2.24, 2.45) is 5.73 Å². The van der Waals surface area contributed by atoms with E-state index in [1.165, 1.54) is 11.1 Å². The van der Waals surface area contributed by atoms with Gasteiger partial charge in [-0.05, 0) is 25.8 Å². The molecular formula is C18H24N4. The molecule has 0 saturated carbocycles. The fraction of sp³-hybridized carbons (Fsp3) is 0.444. The highest BCUT2D eigenvalue weighted by Gasteiger charge is 2.20. The molecule has 0 spiro atoms. The first-order chi connectivity index (χ1) is 10.7. The fourth-order valence-corrected chi connectivity index (χ4v) is 2.96. The van der Waals surface area contributed by atoms with Crippen LogP contribution in [0.3, 0.4) is 0 Å². The molecule has 0 amide bonds. The van der Waals surface area contributed by atoms with Crippen molar-refractivity contribution in [2.75, 3.05) is 18.0 Å². The molecule has 22 heavy (non-hydrogen) atoms. The third-order valence-corrected chi connectivity index (χ3v) is 4.31. The van der Waals surface area contributed by atoms with E-state index in [9.17, 15) is 0 Å². The quantitative estimate of drug-likeness (QED) is 0.946. The molecule has 1 aromatic carbocycles. The van der Waals surface area contributed by atoms with Crippen LogP contribution >= 0.6 is 0 Å². The molecule has 4 nitrogen and oxygen atoms in total. The van der Waals surface area contributed by atoms with Gasteiger partial charge in [0.2, 0.25) is 0 Å². The first kappa shape index (κ1) is 15.0. The van der Waals surface area contributed by atoms with Crippen molar-refractivity contribution in [3.8, 4) is 11.3 Å². The maximum atomic E-state index is 6.03. The molecule has 2 aromatic rings. The van der Waals surface area contributed by atoms with Crippen LogP contribution in [0.5, 0.6) is 0 Å². The van der Waals surface area contributed by atoms with E-state index in [0.29, 0.717) is 6.04 Å². The van der Waals surface area contributed by atoms with Gasteiger partial charge in [0, 0.05) is 31.1 Å². The molecular weight excluding hydrogens is 272 g/mol. The van der Waals surface area contributed by atoms with Crippen LogP contribution in [0.25, 0.3) is 11.3 Å². The largest absolute Gasteiger partial charge is 0.368 e. The van der Waals surface area contributed by atoms with E-state index in [0.717, 1.165) is 49.6 Å². The van der Waals surface area contributed by atoms with Crippen molar-refractivity contribution in [1.82, 2.24) is 9.97 Å². The Morgan fingerprint density at radius 1 is 1.27 bits per heavy atom. The number of nitrogens with two attached hydrogens (primary N) is 1. The standard InChI is InChI=1S/C18H24N4/c1-3-17-20-12-16(22-9-7-15(19)8-10-22)18(21-17)14-6-4-5-13(2)11-14/h4-6,11-12,15H,3,7-10,19H2,1-2H3. The summed E-state index contributed by atoms with van der Waals surface area (Å²) in [6, 6.07) is 8.86. The van der Waals surface area contributed by atoms with Crippen molar-refractivity contribution in [1.29, 1.82) is 0 Å². The number of rotatable bonds is 3. The smallest absolute Gasteiger partial charge is 0.128 e. The van der Waals surface area contributed by atoms with E-state index >= 15 is 0 Å². The molecule has 0 bridgehead atoms. The van der Waals surface area contributed by atoms with Gasteiger partial charge in [0.05, 0.1) is 17.6 Å². The molecule has 0 atom stereocenters. The third-order valence-electron chi connectivity index (χ3n) is 4.31. The van der Waals surface area contributed by atoms with Gasteiger partial charge in [0.1, 0.15) is 5.82 Å². The summed E-state index contributed by atoms with van der Waals surface area (Å²) in [7, 11) is 0. The number of nitrogens with zero attached hydrogens (tertiary/aromatic N) is 3. The van der Waals surface area contributed by atoms with Crippen molar-refractivity contribution in [3.05, 3.63) is 41.9 Å². The van der Waals surface area contributed by atoms with Crippen LogP contribution in [0.2, 0.25) is 0 Å². The van der Waals surface area contributed by atoms with E-state index in [2.05, 4.69) is 48.0 Å². The summed E-state index contributed by atoms with van der Waals surface area (Å²) >= 11 is 0. The molecule has 4 heteroatoms. The number of anilines is 1. The number of aryl methyl sites for hydroxylation is 2. The van der Waals surface area contributed by atoms with Gasteiger partial charge >= 0.3 is 0 Å². The summed E-state index contributed by atoms with van der Waals surface area (Å²) in [5.74, 6) is 0.897. The number of benzene rings is 1. The molecule has 1 aliphatic heterocycles. The minimum absolute atomic E-state index is 0.328. The van der Waals surface area contributed by atoms with Crippen LogP contribution in [0.4, 0.5) is 5.69 Å². The average molecular weight is 296 g/mol. The lowest BCUT2D eigenvalue weighted by molar-refractivity contribution is 0.501. The Bertz CT molecular complexity index is 645. The molecule has 0 radical (unpaired) electrons. The zero-order chi connectivity index (χ0) is 15.5. The fourth-order valence-electron chi connectivity index (χ4n) is 2.96. The predicted molar refractivity (Wildman–Crippen MR) is 91.0 cm³/mol. The van der Waals surface area contributed by atoms with Crippen LogP contribution in [0.15, 0.2) is 30.5 Å². The topological polar surface area (TPSA) is 55.0 Å². The number of piperidine rings is 1.